The number of carbonyl (C=O) groups excluding carboxylic acids is 2. The molecule has 2 amide bonds. The smallest absolute Gasteiger partial charge is 0.317 e. The van der Waals surface area contributed by atoms with E-state index in [0.29, 0.717) is 5.69 Å². The lowest BCUT2D eigenvalue weighted by Gasteiger charge is -2.07. The summed E-state index contributed by atoms with van der Waals surface area (Å²) in [5, 5.41) is 8.26. The molecule has 0 saturated heterocycles. The predicted molar refractivity (Wildman–Crippen MR) is 102 cm³/mol. The number of rotatable bonds is 3. The molecule has 124 valence electrons. The lowest BCUT2D eigenvalue weighted by atomic mass is 10.1. The van der Waals surface area contributed by atoms with Crippen LogP contribution in [0.25, 0.3) is 10.8 Å². The van der Waals surface area contributed by atoms with Crippen molar-refractivity contribution in [3.63, 3.8) is 0 Å². The van der Waals surface area contributed by atoms with E-state index in [1.165, 1.54) is 6.21 Å². The number of amides is 2. The van der Waals surface area contributed by atoms with Crippen molar-refractivity contribution >= 4 is 50.4 Å². The van der Waals surface area contributed by atoms with Crippen LogP contribution in [-0.4, -0.2) is 18.0 Å². The molecule has 5 nitrogen and oxygen atoms in total. The molecule has 0 aromatic heterocycles. The van der Waals surface area contributed by atoms with Crippen LogP contribution < -0.4 is 10.7 Å². The molecule has 0 spiro atoms. The van der Waals surface area contributed by atoms with Crippen LogP contribution >= 0.6 is 15.9 Å². The van der Waals surface area contributed by atoms with E-state index in [1.54, 1.807) is 6.07 Å². The van der Waals surface area contributed by atoms with E-state index in [-0.39, 0.29) is 0 Å². The number of hydrogen-bond donors (Lipinski definition) is 2. The number of benzene rings is 3. The largest absolute Gasteiger partial charge is 0.329 e. The fraction of sp³-hybridized carbons (Fsp3) is 0. The van der Waals surface area contributed by atoms with Crippen molar-refractivity contribution in [1.29, 1.82) is 0 Å². The normalized spacial score (nSPS) is 10.8. The molecular formula is C19H14BrN3O2. The van der Waals surface area contributed by atoms with Gasteiger partial charge in [0.25, 0.3) is 0 Å². The topological polar surface area (TPSA) is 70.6 Å². The highest BCUT2D eigenvalue weighted by Crippen LogP contribution is 2.22. The third kappa shape index (κ3) is 4.30. The molecule has 0 atom stereocenters. The molecule has 0 heterocycles. The van der Waals surface area contributed by atoms with Gasteiger partial charge in [-0.1, -0.05) is 64.5 Å². The van der Waals surface area contributed by atoms with Crippen LogP contribution in [0.1, 0.15) is 5.56 Å². The molecular weight excluding hydrogens is 382 g/mol. The molecule has 2 N–H and O–H groups in total. The van der Waals surface area contributed by atoms with Gasteiger partial charge in [-0.25, -0.2) is 5.43 Å². The first kappa shape index (κ1) is 16.9. The molecule has 6 heteroatoms. The van der Waals surface area contributed by atoms with E-state index >= 15 is 0 Å². The standard InChI is InChI=1S/C19H14BrN3O2/c20-15-8-3-5-13(11-15)12-21-23-19(25)18(24)22-17-10-4-7-14-6-1-2-9-16(14)17/h1-12H,(H,22,24)(H,23,25)/b21-12+. The number of nitrogens with zero attached hydrogens (tertiary/aromatic N) is 1. The molecule has 3 aromatic rings. The first-order valence-electron chi connectivity index (χ1n) is 7.51. The highest BCUT2D eigenvalue weighted by Gasteiger charge is 2.14. The van der Waals surface area contributed by atoms with Crippen molar-refractivity contribution in [2.45, 2.75) is 0 Å². The second-order valence-corrected chi connectivity index (χ2v) is 6.15. The fourth-order valence-corrected chi connectivity index (χ4v) is 2.73. The number of nitrogens with one attached hydrogen (secondary N) is 2. The van der Waals surface area contributed by atoms with Crippen molar-refractivity contribution in [2.75, 3.05) is 5.32 Å². The highest BCUT2D eigenvalue weighted by atomic mass is 79.9. The van der Waals surface area contributed by atoms with Gasteiger partial charge in [-0.2, -0.15) is 5.10 Å². The van der Waals surface area contributed by atoms with Gasteiger partial charge in [0.2, 0.25) is 0 Å². The minimum Gasteiger partial charge on any atom is -0.317 e. The number of anilines is 1. The number of halogens is 1. The van der Waals surface area contributed by atoms with Gasteiger partial charge < -0.3 is 5.32 Å². The molecule has 0 bridgehead atoms. The number of hydrazone groups is 1. The molecule has 0 aliphatic carbocycles. The van der Waals surface area contributed by atoms with E-state index in [0.717, 1.165) is 20.8 Å². The number of carbonyl (C=O) groups is 2. The molecule has 0 saturated carbocycles. The van der Waals surface area contributed by atoms with Crippen LogP contribution in [0, 0.1) is 0 Å². The molecule has 3 rings (SSSR count). The van der Waals surface area contributed by atoms with E-state index in [1.807, 2.05) is 60.7 Å². The maximum Gasteiger partial charge on any atom is 0.329 e. The Morgan fingerprint density at radius 2 is 1.68 bits per heavy atom. The summed E-state index contributed by atoms with van der Waals surface area (Å²) in [6.07, 6.45) is 1.47. The van der Waals surface area contributed by atoms with Gasteiger partial charge in [-0.15, -0.1) is 0 Å². The van der Waals surface area contributed by atoms with Crippen molar-refractivity contribution in [3.8, 4) is 0 Å². The van der Waals surface area contributed by atoms with Crippen LogP contribution in [0.3, 0.4) is 0 Å². The Kier molecular flexibility index (Phi) is 5.20. The van der Waals surface area contributed by atoms with E-state index in [9.17, 15) is 9.59 Å². The van der Waals surface area contributed by atoms with E-state index in [2.05, 4.69) is 31.8 Å². The van der Waals surface area contributed by atoms with Crippen LogP contribution in [0.4, 0.5) is 5.69 Å². The Morgan fingerprint density at radius 3 is 2.52 bits per heavy atom. The van der Waals surface area contributed by atoms with Crippen molar-refractivity contribution in [3.05, 3.63) is 76.8 Å². The Balaban J connectivity index is 1.65. The quantitative estimate of drug-likeness (QED) is 0.403. The average molecular weight is 396 g/mol. The lowest BCUT2D eigenvalue weighted by Crippen LogP contribution is -2.32. The summed E-state index contributed by atoms with van der Waals surface area (Å²) in [5.41, 5.74) is 3.60. The molecule has 0 fully saturated rings. The fourth-order valence-electron chi connectivity index (χ4n) is 2.32. The van der Waals surface area contributed by atoms with Gasteiger partial charge in [0.1, 0.15) is 0 Å². The van der Waals surface area contributed by atoms with Crippen molar-refractivity contribution in [2.24, 2.45) is 5.10 Å². The van der Waals surface area contributed by atoms with Gasteiger partial charge in [0.15, 0.2) is 0 Å². The predicted octanol–water partition coefficient (Wildman–Crippen LogP) is 3.69. The summed E-state index contributed by atoms with van der Waals surface area (Å²) in [4.78, 5) is 23.9. The highest BCUT2D eigenvalue weighted by molar-refractivity contribution is 9.10. The summed E-state index contributed by atoms with van der Waals surface area (Å²) >= 11 is 3.35. The Labute approximate surface area is 152 Å². The Bertz CT molecular complexity index is 964. The summed E-state index contributed by atoms with van der Waals surface area (Å²) in [7, 11) is 0. The average Bonchev–Trinajstić information content (AvgIpc) is 2.62. The summed E-state index contributed by atoms with van der Waals surface area (Å²) in [6, 6.07) is 20.5. The Hall–Kier alpha value is -2.99. The van der Waals surface area contributed by atoms with Gasteiger partial charge in [0, 0.05) is 15.5 Å². The molecule has 0 unspecified atom stereocenters. The zero-order valence-electron chi connectivity index (χ0n) is 13.1. The molecule has 3 aromatic carbocycles. The number of hydrogen-bond acceptors (Lipinski definition) is 3. The first-order valence-corrected chi connectivity index (χ1v) is 8.30. The SMILES string of the molecule is O=C(N/N=C/c1cccc(Br)c1)C(=O)Nc1cccc2ccccc12. The summed E-state index contributed by atoms with van der Waals surface area (Å²) in [6.45, 7) is 0. The third-order valence-electron chi connectivity index (χ3n) is 3.47. The summed E-state index contributed by atoms with van der Waals surface area (Å²) < 4.78 is 0.900. The third-order valence-corrected chi connectivity index (χ3v) is 3.97. The van der Waals surface area contributed by atoms with Gasteiger partial charge in [-0.05, 0) is 29.1 Å². The van der Waals surface area contributed by atoms with Gasteiger partial charge in [-0.3, -0.25) is 9.59 Å². The van der Waals surface area contributed by atoms with E-state index in [4.69, 9.17) is 0 Å². The maximum absolute atomic E-state index is 12.0. The van der Waals surface area contributed by atoms with Crippen LogP contribution in [-0.2, 0) is 9.59 Å². The van der Waals surface area contributed by atoms with E-state index < -0.39 is 11.8 Å². The van der Waals surface area contributed by atoms with Crippen LogP contribution in [0.2, 0.25) is 0 Å². The zero-order valence-corrected chi connectivity index (χ0v) is 14.7. The second-order valence-electron chi connectivity index (χ2n) is 5.23. The van der Waals surface area contributed by atoms with Crippen LogP contribution in [0.15, 0.2) is 76.3 Å². The second kappa shape index (κ2) is 7.72. The first-order chi connectivity index (χ1) is 12.1. The number of fused-ring (bicyclic) bond motifs is 1. The molecule has 0 aliphatic rings. The van der Waals surface area contributed by atoms with Gasteiger partial charge in [0.05, 0.1) is 6.21 Å². The minimum absolute atomic E-state index is 0.578. The molecule has 0 radical (unpaired) electrons. The molecule has 25 heavy (non-hydrogen) atoms. The monoisotopic (exact) mass is 395 g/mol. The maximum atomic E-state index is 12.0. The van der Waals surface area contributed by atoms with Crippen molar-refractivity contribution < 1.29 is 9.59 Å². The van der Waals surface area contributed by atoms with Crippen LogP contribution in [0.5, 0.6) is 0 Å². The summed E-state index contributed by atoms with van der Waals surface area (Å²) in [5.74, 6) is -1.61. The van der Waals surface area contributed by atoms with Gasteiger partial charge >= 0.3 is 11.8 Å². The Morgan fingerprint density at radius 1 is 0.920 bits per heavy atom. The zero-order chi connectivity index (χ0) is 17.6. The van der Waals surface area contributed by atoms with Crippen molar-refractivity contribution in [1.82, 2.24) is 5.43 Å². The minimum atomic E-state index is -0.834. The molecule has 0 aliphatic heterocycles. The lowest BCUT2D eigenvalue weighted by molar-refractivity contribution is -0.136.